The van der Waals surface area contributed by atoms with Gasteiger partial charge in [-0.05, 0) is 18.6 Å². The highest BCUT2D eigenvalue weighted by Crippen LogP contribution is 2.28. The molecule has 1 unspecified atom stereocenters. The first-order valence-corrected chi connectivity index (χ1v) is 4.64. The Morgan fingerprint density at radius 3 is 2.50 bits per heavy atom. The van der Waals surface area contributed by atoms with Gasteiger partial charge in [0.15, 0.2) is 6.10 Å². The molecule has 0 amide bonds. The molecule has 0 saturated heterocycles. The summed E-state index contributed by atoms with van der Waals surface area (Å²) in [6, 6.07) is 4.26. The predicted molar refractivity (Wildman–Crippen MR) is 55.1 cm³/mol. The first-order chi connectivity index (χ1) is 7.43. The topological polar surface area (TPSA) is 94.8 Å². The van der Waals surface area contributed by atoms with Crippen LogP contribution < -0.4 is 0 Å². The van der Waals surface area contributed by atoms with Gasteiger partial charge in [-0.15, -0.1) is 0 Å². The number of rotatable bonds is 4. The van der Waals surface area contributed by atoms with Gasteiger partial charge in [0.05, 0.1) is 0 Å². The van der Waals surface area contributed by atoms with Gasteiger partial charge in [0.2, 0.25) is 0 Å². The van der Waals surface area contributed by atoms with Crippen molar-refractivity contribution in [3.63, 3.8) is 0 Å². The molecule has 0 aliphatic heterocycles. The molecule has 0 radical (unpaired) electrons. The molecule has 0 aliphatic carbocycles. The van der Waals surface area contributed by atoms with Crippen LogP contribution in [0.4, 0.5) is 0 Å². The van der Waals surface area contributed by atoms with Crippen LogP contribution in [0.15, 0.2) is 18.2 Å². The molecule has 1 aromatic rings. The number of aliphatic carboxylic acids is 1. The second-order valence-corrected chi connectivity index (χ2v) is 3.47. The maximum Gasteiger partial charge on any atom is 0.337 e. The molecule has 0 spiro atoms. The fourth-order valence-corrected chi connectivity index (χ4v) is 1.46. The molecular formula is C11H12O5. The Kier molecular flexibility index (Phi) is 3.63. The zero-order valence-electron chi connectivity index (χ0n) is 8.67. The molecule has 0 heterocycles. The minimum absolute atomic E-state index is 0.0198. The summed E-state index contributed by atoms with van der Waals surface area (Å²) in [7, 11) is 0. The third-order valence-electron chi connectivity index (χ3n) is 2.12. The Morgan fingerprint density at radius 1 is 1.38 bits per heavy atom. The summed E-state index contributed by atoms with van der Waals surface area (Å²) < 4.78 is 0. The molecule has 0 aliphatic rings. The third kappa shape index (κ3) is 2.58. The van der Waals surface area contributed by atoms with E-state index in [1.807, 2.05) is 0 Å². The van der Waals surface area contributed by atoms with Crippen molar-refractivity contribution in [2.24, 2.45) is 0 Å². The minimum atomic E-state index is -1.82. The number of benzene rings is 1. The highest BCUT2D eigenvalue weighted by molar-refractivity contribution is 5.81. The monoisotopic (exact) mass is 224 g/mol. The number of carbonyl (C=O) groups excluding carboxylic acids is 1. The van der Waals surface area contributed by atoms with Crippen LogP contribution in [0, 0.1) is 0 Å². The largest absolute Gasteiger partial charge is 0.508 e. The number of phenols is 1. The average molecular weight is 224 g/mol. The van der Waals surface area contributed by atoms with Crippen LogP contribution in [0.2, 0.25) is 0 Å². The van der Waals surface area contributed by atoms with E-state index in [0.29, 0.717) is 5.56 Å². The smallest absolute Gasteiger partial charge is 0.337 e. The number of carboxylic acid groups (broad SMARTS) is 1. The second-order valence-electron chi connectivity index (χ2n) is 3.47. The summed E-state index contributed by atoms with van der Waals surface area (Å²) in [4.78, 5) is 21.6. The molecule has 0 bridgehead atoms. The summed E-state index contributed by atoms with van der Waals surface area (Å²) >= 11 is 0. The molecule has 1 rings (SSSR count). The van der Waals surface area contributed by atoms with Crippen LogP contribution in [0.1, 0.15) is 24.2 Å². The van der Waals surface area contributed by atoms with Crippen molar-refractivity contribution in [2.45, 2.75) is 19.4 Å². The van der Waals surface area contributed by atoms with Gasteiger partial charge in [0, 0.05) is 12.0 Å². The molecule has 1 aromatic carbocycles. The maximum absolute atomic E-state index is 11.0. The predicted octanol–water partition coefficient (Wildman–Crippen LogP) is 0.642. The second kappa shape index (κ2) is 4.76. The van der Waals surface area contributed by atoms with Crippen LogP contribution in [0.3, 0.4) is 0 Å². The van der Waals surface area contributed by atoms with Crippen molar-refractivity contribution < 1.29 is 24.9 Å². The van der Waals surface area contributed by atoms with E-state index in [2.05, 4.69) is 0 Å². The van der Waals surface area contributed by atoms with Crippen LogP contribution in [0.25, 0.3) is 0 Å². The Labute approximate surface area is 92.0 Å². The fraction of sp³-hybridized carbons (Fsp3) is 0.273. The molecule has 5 nitrogen and oxygen atoms in total. The van der Waals surface area contributed by atoms with E-state index in [1.54, 1.807) is 0 Å². The van der Waals surface area contributed by atoms with Crippen molar-refractivity contribution in [3.05, 3.63) is 29.3 Å². The Balaban J connectivity index is 3.22. The number of carboxylic acids is 1. The first kappa shape index (κ1) is 12.2. The minimum Gasteiger partial charge on any atom is -0.508 e. The summed E-state index contributed by atoms with van der Waals surface area (Å²) in [5.41, 5.74) is 0.201. The van der Waals surface area contributed by atoms with E-state index < -0.39 is 12.1 Å². The molecule has 3 N–H and O–H groups in total. The quantitative estimate of drug-likeness (QED) is 0.697. The number of aliphatic hydroxyl groups excluding tert-OH is 1. The van der Waals surface area contributed by atoms with E-state index in [4.69, 9.17) is 5.11 Å². The van der Waals surface area contributed by atoms with Gasteiger partial charge in [-0.1, -0.05) is 12.1 Å². The number of hydrogen-bond donors (Lipinski definition) is 3. The van der Waals surface area contributed by atoms with Crippen molar-refractivity contribution in [2.75, 3.05) is 0 Å². The summed E-state index contributed by atoms with van der Waals surface area (Å²) in [6.45, 7) is 1.35. The maximum atomic E-state index is 11.0. The highest BCUT2D eigenvalue weighted by atomic mass is 16.4. The fourth-order valence-electron chi connectivity index (χ4n) is 1.46. The SMILES string of the molecule is CC(=O)Cc1cccc(O)c1C(O)C(=O)O. The zero-order valence-corrected chi connectivity index (χ0v) is 8.67. The van der Waals surface area contributed by atoms with Crippen molar-refractivity contribution in [1.29, 1.82) is 0 Å². The zero-order chi connectivity index (χ0) is 12.3. The lowest BCUT2D eigenvalue weighted by Crippen LogP contribution is -2.14. The number of hydrogen-bond acceptors (Lipinski definition) is 4. The van der Waals surface area contributed by atoms with E-state index in [1.165, 1.54) is 25.1 Å². The van der Waals surface area contributed by atoms with E-state index in [0.717, 1.165) is 0 Å². The first-order valence-electron chi connectivity index (χ1n) is 4.64. The summed E-state index contributed by atoms with van der Waals surface area (Å²) in [6.07, 6.45) is -1.84. The van der Waals surface area contributed by atoms with Gasteiger partial charge < -0.3 is 15.3 Å². The lowest BCUT2D eigenvalue weighted by Gasteiger charge is -2.13. The molecule has 1 atom stereocenters. The number of aromatic hydroxyl groups is 1. The molecular weight excluding hydrogens is 212 g/mol. The van der Waals surface area contributed by atoms with Gasteiger partial charge in [0.1, 0.15) is 11.5 Å². The number of ketones is 1. The lowest BCUT2D eigenvalue weighted by atomic mass is 9.97. The van der Waals surface area contributed by atoms with Crippen molar-refractivity contribution in [1.82, 2.24) is 0 Å². The van der Waals surface area contributed by atoms with Gasteiger partial charge in [-0.25, -0.2) is 4.79 Å². The number of phenolic OH excluding ortho intramolecular Hbond substituents is 1. The van der Waals surface area contributed by atoms with Gasteiger partial charge in [-0.2, -0.15) is 0 Å². The molecule has 16 heavy (non-hydrogen) atoms. The van der Waals surface area contributed by atoms with Gasteiger partial charge in [0.25, 0.3) is 0 Å². The Bertz CT molecular complexity index is 424. The van der Waals surface area contributed by atoms with Gasteiger partial charge in [-0.3, -0.25) is 4.79 Å². The Hall–Kier alpha value is -1.88. The van der Waals surface area contributed by atoms with Crippen LogP contribution >= 0.6 is 0 Å². The molecule has 86 valence electrons. The molecule has 0 saturated carbocycles. The summed E-state index contributed by atoms with van der Waals surface area (Å²) in [5, 5.41) is 27.6. The molecule has 0 fully saturated rings. The van der Waals surface area contributed by atoms with E-state index >= 15 is 0 Å². The highest BCUT2D eigenvalue weighted by Gasteiger charge is 2.23. The number of Topliss-reactive ketones (excluding diaryl/α,β-unsaturated/α-hetero) is 1. The van der Waals surface area contributed by atoms with Crippen LogP contribution in [-0.2, 0) is 16.0 Å². The van der Waals surface area contributed by atoms with E-state index in [-0.39, 0.29) is 23.5 Å². The normalized spacial score (nSPS) is 12.1. The number of carbonyl (C=O) groups is 2. The van der Waals surface area contributed by atoms with Crippen molar-refractivity contribution >= 4 is 11.8 Å². The van der Waals surface area contributed by atoms with Crippen LogP contribution in [0.5, 0.6) is 5.75 Å². The average Bonchev–Trinajstić information content (AvgIpc) is 2.16. The third-order valence-corrected chi connectivity index (χ3v) is 2.12. The van der Waals surface area contributed by atoms with Crippen molar-refractivity contribution in [3.8, 4) is 5.75 Å². The Morgan fingerprint density at radius 2 is 2.00 bits per heavy atom. The van der Waals surface area contributed by atoms with E-state index in [9.17, 15) is 19.8 Å². The molecule has 0 aromatic heterocycles. The summed E-state index contributed by atoms with van der Waals surface area (Å²) in [5.74, 6) is -1.97. The standard InChI is InChI=1S/C11H12O5/c1-6(12)5-7-3-2-4-8(13)9(7)10(14)11(15)16/h2-4,10,13-14H,5H2,1H3,(H,15,16). The lowest BCUT2D eigenvalue weighted by molar-refractivity contribution is -0.147. The van der Waals surface area contributed by atoms with Crippen LogP contribution in [-0.4, -0.2) is 27.1 Å². The molecule has 5 heteroatoms. The number of aliphatic hydroxyl groups is 1. The van der Waals surface area contributed by atoms with Gasteiger partial charge >= 0.3 is 5.97 Å².